The summed E-state index contributed by atoms with van der Waals surface area (Å²) in [5, 5.41) is 9.86. The Morgan fingerprint density at radius 3 is 1.43 bits per heavy atom. The highest BCUT2D eigenvalue weighted by atomic mass is 15.2. The molecule has 56 heavy (non-hydrogen) atoms. The third-order valence-electron chi connectivity index (χ3n) is 11.0. The molecule has 0 saturated heterocycles. The van der Waals surface area contributed by atoms with Crippen molar-refractivity contribution in [2.75, 3.05) is 9.80 Å². The lowest BCUT2D eigenvalue weighted by Gasteiger charge is -2.33. The molecule has 0 radical (unpaired) electrons. The number of allylic oxidation sites excluding steroid dienone is 2. The van der Waals surface area contributed by atoms with E-state index in [1.54, 1.807) is 0 Å². The minimum atomic E-state index is 0.249. The van der Waals surface area contributed by atoms with Crippen LogP contribution in [0.2, 0.25) is 0 Å². The number of hydrogen-bond donors (Lipinski definition) is 0. The standard InChI is InChI=1S/C54H40N2/c1-3-15-49(16-4-1)55(51-29-25-41-11-7-9-13-44(41)35-51)53-32-28-46-33-39(22-24-47(46)37-53)19-20-40-21-23-43-27-31-54(38-48(43)34-40)56(50-17-5-2-6-18-50)52-30-26-42-12-8-10-14-45(42)36-52/h1-15,17-38,49H,16H2/b20-19+. The number of hydrogen-bond acceptors (Lipinski definition) is 2. The van der Waals surface area contributed by atoms with Gasteiger partial charge in [-0.05, 0) is 133 Å². The molecule has 1 aliphatic rings. The average molecular weight is 717 g/mol. The van der Waals surface area contributed by atoms with Gasteiger partial charge in [0.1, 0.15) is 0 Å². The zero-order valence-electron chi connectivity index (χ0n) is 31.0. The fraction of sp³-hybridized carbons (Fsp3) is 0.0370. The highest BCUT2D eigenvalue weighted by Gasteiger charge is 2.20. The predicted octanol–water partition coefficient (Wildman–Crippen LogP) is 15.0. The van der Waals surface area contributed by atoms with Gasteiger partial charge in [-0.3, -0.25) is 0 Å². The molecule has 1 aliphatic carbocycles. The SMILES string of the molecule is C1=CCC(N(c2ccc3ccccc3c2)c2ccc3cc(/C=C/c4ccc5ccc(N(c6ccccc6)c6ccc7ccccc7c6)cc5c4)ccc3c2)C=C1. The first kappa shape index (κ1) is 33.4. The van der Waals surface area contributed by atoms with Crippen LogP contribution >= 0.6 is 0 Å². The second kappa shape index (κ2) is 14.6. The molecule has 1 atom stereocenters. The van der Waals surface area contributed by atoms with E-state index in [0.29, 0.717) is 0 Å². The topological polar surface area (TPSA) is 6.48 Å². The molecule has 0 aliphatic heterocycles. The van der Waals surface area contributed by atoms with Crippen LogP contribution in [-0.4, -0.2) is 6.04 Å². The van der Waals surface area contributed by atoms with Crippen molar-refractivity contribution in [1.82, 2.24) is 0 Å². The van der Waals surface area contributed by atoms with E-state index < -0.39 is 0 Å². The van der Waals surface area contributed by atoms with Crippen molar-refractivity contribution < 1.29 is 0 Å². The summed E-state index contributed by atoms with van der Waals surface area (Å²) in [6, 6.07) is 68.7. The molecule has 0 fully saturated rings. The summed E-state index contributed by atoms with van der Waals surface area (Å²) < 4.78 is 0. The van der Waals surface area contributed by atoms with Gasteiger partial charge in [0.15, 0.2) is 0 Å². The molecular weight excluding hydrogens is 677 g/mol. The smallest absolute Gasteiger partial charge is 0.0559 e. The average Bonchev–Trinajstić information content (AvgIpc) is 3.26. The van der Waals surface area contributed by atoms with E-state index in [-0.39, 0.29) is 6.04 Å². The van der Waals surface area contributed by atoms with Gasteiger partial charge in [0.2, 0.25) is 0 Å². The van der Waals surface area contributed by atoms with Crippen molar-refractivity contribution in [2.24, 2.45) is 0 Å². The third-order valence-corrected chi connectivity index (χ3v) is 11.0. The first-order valence-corrected chi connectivity index (χ1v) is 19.4. The fourth-order valence-corrected chi connectivity index (χ4v) is 8.15. The summed E-state index contributed by atoms with van der Waals surface area (Å²) in [7, 11) is 0. The molecule has 2 nitrogen and oxygen atoms in total. The van der Waals surface area contributed by atoms with Crippen molar-refractivity contribution in [3.8, 4) is 0 Å². The molecule has 0 N–H and O–H groups in total. The molecule has 0 aromatic heterocycles. The third kappa shape index (κ3) is 6.63. The highest BCUT2D eigenvalue weighted by Crippen LogP contribution is 2.38. The molecule has 10 rings (SSSR count). The monoisotopic (exact) mass is 716 g/mol. The number of fused-ring (bicyclic) bond motifs is 4. The van der Waals surface area contributed by atoms with E-state index in [1.165, 1.54) is 65.6 Å². The summed E-state index contributed by atoms with van der Waals surface area (Å²) in [6.07, 6.45) is 14.3. The summed E-state index contributed by atoms with van der Waals surface area (Å²) in [6.45, 7) is 0. The Bertz CT molecular complexity index is 2970. The van der Waals surface area contributed by atoms with Crippen molar-refractivity contribution in [1.29, 1.82) is 0 Å². The number of benzene rings is 9. The van der Waals surface area contributed by atoms with E-state index in [2.05, 4.69) is 234 Å². The molecule has 1 unspecified atom stereocenters. The van der Waals surface area contributed by atoms with E-state index in [1.807, 2.05) is 0 Å². The minimum Gasteiger partial charge on any atom is -0.334 e. The Kier molecular flexibility index (Phi) is 8.70. The maximum Gasteiger partial charge on any atom is 0.0559 e. The first-order chi connectivity index (χ1) is 27.7. The van der Waals surface area contributed by atoms with Crippen LogP contribution in [0.4, 0.5) is 28.4 Å². The van der Waals surface area contributed by atoms with Crippen molar-refractivity contribution in [3.05, 3.63) is 223 Å². The lowest BCUT2D eigenvalue weighted by atomic mass is 10.0. The van der Waals surface area contributed by atoms with E-state index in [9.17, 15) is 0 Å². The maximum atomic E-state index is 2.48. The molecule has 0 spiro atoms. The van der Waals surface area contributed by atoms with Gasteiger partial charge in [-0.15, -0.1) is 0 Å². The molecular formula is C54H40N2. The minimum absolute atomic E-state index is 0.249. The van der Waals surface area contributed by atoms with Crippen LogP contribution in [-0.2, 0) is 0 Å². The Morgan fingerprint density at radius 1 is 0.357 bits per heavy atom. The summed E-state index contributed by atoms with van der Waals surface area (Å²) in [5.41, 5.74) is 8.15. The number of rotatable bonds is 8. The Labute approximate surface area is 328 Å². The molecule has 2 heteroatoms. The van der Waals surface area contributed by atoms with Crippen LogP contribution in [0.5, 0.6) is 0 Å². The number of anilines is 5. The van der Waals surface area contributed by atoms with Gasteiger partial charge < -0.3 is 9.80 Å². The summed E-state index contributed by atoms with van der Waals surface area (Å²) >= 11 is 0. The van der Waals surface area contributed by atoms with Crippen LogP contribution in [0.3, 0.4) is 0 Å². The van der Waals surface area contributed by atoms with Crippen LogP contribution < -0.4 is 9.80 Å². The number of nitrogens with zero attached hydrogens (tertiary/aromatic N) is 2. The van der Waals surface area contributed by atoms with Crippen molar-refractivity contribution in [2.45, 2.75) is 12.5 Å². The normalized spacial score (nSPS) is 14.0. The predicted molar refractivity (Wildman–Crippen MR) is 242 cm³/mol. The molecule has 266 valence electrons. The van der Waals surface area contributed by atoms with Gasteiger partial charge in [0.25, 0.3) is 0 Å². The van der Waals surface area contributed by atoms with Crippen molar-refractivity contribution in [3.63, 3.8) is 0 Å². The summed E-state index contributed by atoms with van der Waals surface area (Å²) in [5.74, 6) is 0. The van der Waals surface area contributed by atoms with Crippen LogP contribution in [0.1, 0.15) is 17.5 Å². The second-order valence-electron chi connectivity index (χ2n) is 14.6. The lowest BCUT2D eigenvalue weighted by Crippen LogP contribution is -2.29. The first-order valence-electron chi connectivity index (χ1n) is 19.4. The number of para-hydroxylation sites is 1. The van der Waals surface area contributed by atoms with Gasteiger partial charge in [0.05, 0.1) is 6.04 Å². The molecule has 0 heterocycles. The Hall–Kier alpha value is -7.16. The Morgan fingerprint density at radius 2 is 0.804 bits per heavy atom. The zero-order valence-corrected chi connectivity index (χ0v) is 31.0. The van der Waals surface area contributed by atoms with Gasteiger partial charge in [0, 0.05) is 28.4 Å². The second-order valence-corrected chi connectivity index (χ2v) is 14.6. The fourth-order valence-electron chi connectivity index (χ4n) is 8.15. The molecule has 0 bridgehead atoms. The van der Waals surface area contributed by atoms with Crippen LogP contribution in [0.15, 0.2) is 212 Å². The highest BCUT2D eigenvalue weighted by molar-refractivity contribution is 5.95. The van der Waals surface area contributed by atoms with Crippen LogP contribution in [0, 0.1) is 0 Å². The molecule has 9 aromatic carbocycles. The zero-order chi connectivity index (χ0) is 37.3. The largest absolute Gasteiger partial charge is 0.334 e. The summed E-state index contributed by atoms with van der Waals surface area (Å²) in [4.78, 5) is 4.82. The van der Waals surface area contributed by atoms with E-state index in [4.69, 9.17) is 0 Å². The lowest BCUT2D eigenvalue weighted by molar-refractivity contribution is 0.786. The van der Waals surface area contributed by atoms with Gasteiger partial charge in [-0.1, -0.05) is 152 Å². The van der Waals surface area contributed by atoms with Gasteiger partial charge in [-0.25, -0.2) is 0 Å². The molecule has 0 saturated carbocycles. The van der Waals surface area contributed by atoms with Crippen molar-refractivity contribution >= 4 is 83.7 Å². The maximum absolute atomic E-state index is 2.48. The van der Waals surface area contributed by atoms with Gasteiger partial charge >= 0.3 is 0 Å². The molecule has 0 amide bonds. The quantitative estimate of drug-likeness (QED) is 0.144. The van der Waals surface area contributed by atoms with E-state index in [0.717, 1.165) is 23.5 Å². The Balaban J connectivity index is 0.947. The molecule has 9 aromatic rings. The van der Waals surface area contributed by atoms with Crippen LogP contribution in [0.25, 0.3) is 55.2 Å². The van der Waals surface area contributed by atoms with E-state index >= 15 is 0 Å². The van der Waals surface area contributed by atoms with Gasteiger partial charge in [-0.2, -0.15) is 0 Å².